The van der Waals surface area contributed by atoms with Gasteiger partial charge in [-0.3, -0.25) is 19.7 Å². The average Bonchev–Trinajstić information content (AvgIpc) is 3.17. The predicted molar refractivity (Wildman–Crippen MR) is 102 cm³/mol. The number of nitrogens with zero attached hydrogens (tertiary/aromatic N) is 3. The molecule has 2 aliphatic rings. The summed E-state index contributed by atoms with van der Waals surface area (Å²) in [5, 5.41) is 11.5. The van der Waals surface area contributed by atoms with Crippen LogP contribution in [0.1, 0.15) is 31.2 Å². The van der Waals surface area contributed by atoms with Gasteiger partial charge in [0, 0.05) is 31.4 Å². The third kappa shape index (κ3) is 5.49. The number of aromatic nitrogens is 1. The zero-order valence-electron chi connectivity index (χ0n) is 15.7. The standard InChI is InChI=1S/C19H26FN5O3/c20-16-10-14(4-5-17(26)23-28)11-21-19(16)22-15-6-9-25(12-15)18(27)13-24-7-2-1-3-8-24/h4-5,10-11,15,28H,1-3,6-9,12-13H2,(H,21,22)(H,23,26)/t15-/m1/s1. The first-order chi connectivity index (χ1) is 13.5. The zero-order valence-corrected chi connectivity index (χ0v) is 15.7. The van der Waals surface area contributed by atoms with Crippen LogP contribution in [0.2, 0.25) is 0 Å². The van der Waals surface area contributed by atoms with E-state index in [4.69, 9.17) is 5.21 Å². The molecule has 3 heterocycles. The van der Waals surface area contributed by atoms with E-state index in [1.165, 1.54) is 30.2 Å². The Labute approximate surface area is 163 Å². The van der Waals surface area contributed by atoms with Gasteiger partial charge in [-0.2, -0.15) is 0 Å². The number of halogens is 1. The van der Waals surface area contributed by atoms with Crippen LogP contribution in [0.3, 0.4) is 0 Å². The number of hydrogen-bond donors (Lipinski definition) is 3. The van der Waals surface area contributed by atoms with Crippen LogP contribution in [0, 0.1) is 5.82 Å². The number of carbonyl (C=O) groups is 2. The molecule has 2 amide bonds. The van der Waals surface area contributed by atoms with Crippen molar-refractivity contribution in [3.8, 4) is 0 Å². The molecule has 1 aromatic rings. The van der Waals surface area contributed by atoms with Crippen LogP contribution in [-0.4, -0.2) is 70.6 Å². The molecular weight excluding hydrogens is 365 g/mol. The van der Waals surface area contributed by atoms with Crippen molar-refractivity contribution in [2.24, 2.45) is 0 Å². The Balaban J connectivity index is 1.51. The molecule has 0 unspecified atom stereocenters. The lowest BCUT2D eigenvalue weighted by molar-refractivity contribution is -0.131. The summed E-state index contributed by atoms with van der Waals surface area (Å²) in [6, 6.07) is 1.21. The summed E-state index contributed by atoms with van der Waals surface area (Å²) in [4.78, 5) is 31.6. The highest BCUT2D eigenvalue weighted by molar-refractivity contribution is 5.90. The first-order valence-corrected chi connectivity index (χ1v) is 9.59. The Morgan fingerprint density at radius 3 is 2.79 bits per heavy atom. The lowest BCUT2D eigenvalue weighted by Gasteiger charge is -2.28. The molecule has 2 fully saturated rings. The summed E-state index contributed by atoms with van der Waals surface area (Å²) in [5.74, 6) is -0.992. The van der Waals surface area contributed by atoms with Crippen molar-refractivity contribution in [3.63, 3.8) is 0 Å². The molecular formula is C19H26FN5O3. The molecule has 2 aliphatic heterocycles. The van der Waals surface area contributed by atoms with Crippen molar-refractivity contribution in [1.82, 2.24) is 20.3 Å². The van der Waals surface area contributed by atoms with Gasteiger partial charge in [0.15, 0.2) is 11.6 Å². The minimum atomic E-state index is -0.706. The number of nitrogens with one attached hydrogen (secondary N) is 2. The Kier molecular flexibility index (Phi) is 6.94. The van der Waals surface area contributed by atoms with E-state index in [-0.39, 0.29) is 17.8 Å². The highest BCUT2D eigenvalue weighted by Gasteiger charge is 2.28. The maximum absolute atomic E-state index is 14.3. The predicted octanol–water partition coefficient (Wildman–Crippen LogP) is 1.24. The SMILES string of the molecule is O=C(C=Cc1cnc(N[C@@H]2CCN(C(=O)CN3CCCCC3)C2)c(F)c1)NO. The monoisotopic (exact) mass is 391 g/mol. The number of rotatable bonds is 6. The molecule has 9 heteroatoms. The fourth-order valence-electron chi connectivity index (χ4n) is 3.57. The highest BCUT2D eigenvalue weighted by atomic mass is 19.1. The minimum Gasteiger partial charge on any atom is -0.363 e. The number of hydroxylamine groups is 1. The third-order valence-electron chi connectivity index (χ3n) is 5.09. The molecule has 0 bridgehead atoms. The minimum absolute atomic E-state index is 0.0473. The van der Waals surface area contributed by atoms with Crippen molar-refractivity contribution in [2.75, 3.05) is 38.0 Å². The van der Waals surface area contributed by atoms with Gasteiger partial charge < -0.3 is 10.2 Å². The fourth-order valence-corrected chi connectivity index (χ4v) is 3.57. The van der Waals surface area contributed by atoms with E-state index in [0.29, 0.717) is 25.2 Å². The summed E-state index contributed by atoms with van der Waals surface area (Å²) in [5.41, 5.74) is 1.86. The van der Waals surface area contributed by atoms with Crippen molar-refractivity contribution in [3.05, 3.63) is 29.7 Å². The van der Waals surface area contributed by atoms with Crippen LogP contribution in [0.4, 0.5) is 10.2 Å². The van der Waals surface area contributed by atoms with E-state index in [2.05, 4.69) is 15.2 Å². The number of anilines is 1. The third-order valence-corrected chi connectivity index (χ3v) is 5.09. The smallest absolute Gasteiger partial charge is 0.267 e. The van der Waals surface area contributed by atoms with Gasteiger partial charge in [0.2, 0.25) is 5.91 Å². The van der Waals surface area contributed by atoms with Crippen molar-refractivity contribution in [1.29, 1.82) is 0 Å². The molecule has 28 heavy (non-hydrogen) atoms. The second-order valence-corrected chi connectivity index (χ2v) is 7.21. The van der Waals surface area contributed by atoms with Crippen LogP contribution in [0.15, 0.2) is 18.3 Å². The van der Waals surface area contributed by atoms with E-state index in [1.54, 1.807) is 0 Å². The molecule has 0 spiro atoms. The van der Waals surface area contributed by atoms with Gasteiger partial charge in [-0.25, -0.2) is 14.9 Å². The zero-order chi connectivity index (χ0) is 19.9. The topological polar surface area (TPSA) is 97.8 Å². The molecule has 0 radical (unpaired) electrons. The number of hydrogen-bond acceptors (Lipinski definition) is 6. The highest BCUT2D eigenvalue weighted by Crippen LogP contribution is 2.19. The number of piperidine rings is 1. The molecule has 1 aromatic heterocycles. The van der Waals surface area contributed by atoms with Gasteiger partial charge in [-0.05, 0) is 50.1 Å². The van der Waals surface area contributed by atoms with E-state index in [0.717, 1.165) is 38.4 Å². The Morgan fingerprint density at radius 1 is 1.29 bits per heavy atom. The molecule has 2 saturated heterocycles. The average molecular weight is 391 g/mol. The van der Waals surface area contributed by atoms with E-state index in [9.17, 15) is 14.0 Å². The number of carbonyl (C=O) groups excluding carboxylic acids is 2. The molecule has 8 nitrogen and oxygen atoms in total. The van der Waals surface area contributed by atoms with Crippen LogP contribution >= 0.6 is 0 Å². The van der Waals surface area contributed by atoms with Gasteiger partial charge in [0.05, 0.1) is 6.54 Å². The molecule has 1 atom stereocenters. The molecule has 0 aromatic carbocycles. The first-order valence-electron chi connectivity index (χ1n) is 9.59. The Morgan fingerprint density at radius 2 is 2.07 bits per heavy atom. The largest absolute Gasteiger partial charge is 0.363 e. The quantitative estimate of drug-likeness (QED) is 0.383. The van der Waals surface area contributed by atoms with Gasteiger partial charge >= 0.3 is 0 Å². The normalized spacial score (nSPS) is 20.5. The Hall–Kier alpha value is -2.52. The van der Waals surface area contributed by atoms with Gasteiger partial charge in [0.25, 0.3) is 5.91 Å². The van der Waals surface area contributed by atoms with Gasteiger partial charge in [0.1, 0.15) is 0 Å². The number of amides is 2. The van der Waals surface area contributed by atoms with Gasteiger partial charge in [-0.1, -0.05) is 6.42 Å². The second kappa shape index (κ2) is 9.61. The molecule has 0 aliphatic carbocycles. The molecule has 3 N–H and O–H groups in total. The lowest BCUT2D eigenvalue weighted by Crippen LogP contribution is -2.42. The van der Waals surface area contributed by atoms with Crippen molar-refractivity contribution in [2.45, 2.75) is 31.7 Å². The second-order valence-electron chi connectivity index (χ2n) is 7.21. The first kappa shape index (κ1) is 20.2. The summed E-state index contributed by atoms with van der Waals surface area (Å²) in [6.45, 7) is 3.62. The van der Waals surface area contributed by atoms with Crippen molar-refractivity contribution < 1.29 is 19.2 Å². The van der Waals surface area contributed by atoms with Crippen LogP contribution < -0.4 is 10.8 Å². The maximum Gasteiger partial charge on any atom is 0.267 e. The molecule has 3 rings (SSSR count). The Bertz CT molecular complexity index is 736. The molecule has 152 valence electrons. The lowest BCUT2D eigenvalue weighted by atomic mass is 10.1. The molecule has 0 saturated carbocycles. The summed E-state index contributed by atoms with van der Waals surface area (Å²) in [6.07, 6.45) is 8.14. The van der Waals surface area contributed by atoms with E-state index >= 15 is 0 Å². The number of likely N-dealkylation sites (tertiary alicyclic amines) is 2. The van der Waals surface area contributed by atoms with Crippen LogP contribution in [0.25, 0.3) is 6.08 Å². The van der Waals surface area contributed by atoms with Crippen LogP contribution in [-0.2, 0) is 9.59 Å². The maximum atomic E-state index is 14.3. The fraction of sp³-hybridized carbons (Fsp3) is 0.526. The van der Waals surface area contributed by atoms with Crippen molar-refractivity contribution >= 4 is 23.7 Å². The summed E-state index contributed by atoms with van der Waals surface area (Å²) >= 11 is 0. The van der Waals surface area contributed by atoms with E-state index in [1.807, 2.05) is 4.90 Å². The van der Waals surface area contributed by atoms with Crippen LogP contribution in [0.5, 0.6) is 0 Å². The summed E-state index contributed by atoms with van der Waals surface area (Å²) < 4.78 is 14.3. The number of pyridine rings is 1. The summed E-state index contributed by atoms with van der Waals surface area (Å²) in [7, 11) is 0. The van der Waals surface area contributed by atoms with E-state index < -0.39 is 11.7 Å². The van der Waals surface area contributed by atoms with Gasteiger partial charge in [-0.15, -0.1) is 0 Å².